The number of carbonyl (C=O) groups is 1. The van der Waals surface area contributed by atoms with Crippen molar-refractivity contribution < 1.29 is 9.53 Å². The number of halogens is 1. The molecule has 26 heavy (non-hydrogen) atoms. The van der Waals surface area contributed by atoms with E-state index in [0.717, 1.165) is 22.6 Å². The molecule has 0 fully saturated rings. The molecule has 134 valence electrons. The lowest BCUT2D eigenvalue weighted by Crippen LogP contribution is -2.15. The van der Waals surface area contributed by atoms with Gasteiger partial charge in [0.05, 0.1) is 24.9 Å². The number of aromatic nitrogens is 2. The van der Waals surface area contributed by atoms with Gasteiger partial charge in [0.15, 0.2) is 0 Å². The Labute approximate surface area is 157 Å². The lowest BCUT2D eigenvalue weighted by molar-refractivity contribution is -0.115. The quantitative estimate of drug-likeness (QED) is 0.728. The van der Waals surface area contributed by atoms with Crippen LogP contribution in [0.1, 0.15) is 17.0 Å². The fourth-order valence-corrected chi connectivity index (χ4v) is 3.06. The van der Waals surface area contributed by atoms with Crippen LogP contribution >= 0.6 is 11.6 Å². The third-order valence-corrected chi connectivity index (χ3v) is 4.21. The molecule has 0 spiro atoms. The van der Waals surface area contributed by atoms with Crippen molar-refractivity contribution >= 4 is 23.2 Å². The maximum absolute atomic E-state index is 12.4. The third-order valence-electron chi connectivity index (χ3n) is 3.98. The lowest BCUT2D eigenvalue weighted by atomic mass is 10.1. The van der Waals surface area contributed by atoms with Crippen LogP contribution in [0, 0.1) is 13.8 Å². The van der Waals surface area contributed by atoms with Gasteiger partial charge in [-0.05, 0) is 56.3 Å². The summed E-state index contributed by atoms with van der Waals surface area (Å²) in [5.41, 5.74) is 4.33. The highest BCUT2D eigenvalue weighted by atomic mass is 35.5. The number of carbonyl (C=O) groups excluding carboxylic acids is 1. The largest absolute Gasteiger partial charge is 0.496 e. The zero-order valence-electron chi connectivity index (χ0n) is 14.9. The summed E-state index contributed by atoms with van der Waals surface area (Å²) < 4.78 is 7.15. The van der Waals surface area contributed by atoms with E-state index in [-0.39, 0.29) is 12.3 Å². The molecule has 0 saturated heterocycles. The number of amides is 1. The van der Waals surface area contributed by atoms with Crippen LogP contribution in [0.5, 0.6) is 5.75 Å². The minimum atomic E-state index is -0.143. The summed E-state index contributed by atoms with van der Waals surface area (Å²) in [6.07, 6.45) is 0.174. The summed E-state index contributed by atoms with van der Waals surface area (Å²) in [5, 5.41) is 7.96. The number of aryl methyl sites for hydroxylation is 2. The van der Waals surface area contributed by atoms with Crippen LogP contribution in [0.3, 0.4) is 0 Å². The Hall–Kier alpha value is -2.79. The van der Waals surface area contributed by atoms with Crippen LogP contribution in [-0.4, -0.2) is 22.8 Å². The molecule has 0 saturated carbocycles. The molecule has 1 N–H and O–H groups in total. The number of hydrogen-bond acceptors (Lipinski definition) is 3. The van der Waals surface area contributed by atoms with Gasteiger partial charge in [0.25, 0.3) is 0 Å². The van der Waals surface area contributed by atoms with E-state index in [1.807, 2.05) is 48.9 Å². The smallest absolute Gasteiger partial charge is 0.228 e. The van der Waals surface area contributed by atoms with Gasteiger partial charge in [-0.15, -0.1) is 0 Å². The molecule has 1 amide bonds. The van der Waals surface area contributed by atoms with Crippen LogP contribution < -0.4 is 10.1 Å². The van der Waals surface area contributed by atoms with Crippen LogP contribution in [0.25, 0.3) is 5.69 Å². The average Bonchev–Trinajstić information content (AvgIpc) is 2.93. The molecule has 0 radical (unpaired) electrons. The monoisotopic (exact) mass is 369 g/mol. The molecule has 1 aromatic heterocycles. The highest BCUT2D eigenvalue weighted by Crippen LogP contribution is 2.24. The van der Waals surface area contributed by atoms with Gasteiger partial charge >= 0.3 is 0 Å². The predicted molar refractivity (Wildman–Crippen MR) is 103 cm³/mol. The first-order valence-corrected chi connectivity index (χ1v) is 8.60. The second-order valence-electron chi connectivity index (χ2n) is 6.07. The summed E-state index contributed by atoms with van der Waals surface area (Å²) in [5.74, 6) is 0.497. The Morgan fingerprint density at radius 3 is 2.69 bits per heavy atom. The molecule has 0 bridgehead atoms. The standard InChI is InChI=1S/C20H20ClN3O2/c1-13-9-14(2)24(23-13)18-6-4-5-17(12-18)22-20(25)11-15-10-16(21)7-8-19(15)26-3/h4-10,12H,11H2,1-3H3,(H,22,25). The number of nitrogens with zero attached hydrogens (tertiary/aromatic N) is 2. The van der Waals surface area contributed by atoms with E-state index in [0.29, 0.717) is 16.5 Å². The van der Waals surface area contributed by atoms with Crippen molar-refractivity contribution in [2.24, 2.45) is 0 Å². The van der Waals surface area contributed by atoms with Crippen LogP contribution in [0.2, 0.25) is 5.02 Å². The molecule has 0 unspecified atom stereocenters. The molecule has 0 aliphatic rings. The number of anilines is 1. The van der Waals surface area contributed by atoms with Crippen molar-refractivity contribution in [1.29, 1.82) is 0 Å². The minimum Gasteiger partial charge on any atom is -0.496 e. The van der Waals surface area contributed by atoms with E-state index in [1.165, 1.54) is 0 Å². The van der Waals surface area contributed by atoms with Crippen LogP contribution in [0.15, 0.2) is 48.5 Å². The predicted octanol–water partition coefficient (Wildman–Crippen LogP) is 4.33. The third kappa shape index (κ3) is 4.06. The molecule has 0 aliphatic heterocycles. The normalized spacial score (nSPS) is 10.6. The first-order valence-electron chi connectivity index (χ1n) is 8.22. The number of methoxy groups -OCH3 is 1. The summed E-state index contributed by atoms with van der Waals surface area (Å²) in [4.78, 5) is 12.4. The highest BCUT2D eigenvalue weighted by Gasteiger charge is 2.11. The maximum atomic E-state index is 12.4. The van der Waals surface area contributed by atoms with Gasteiger partial charge in [-0.25, -0.2) is 4.68 Å². The molecular weight excluding hydrogens is 350 g/mol. The summed E-state index contributed by atoms with van der Waals surface area (Å²) in [6, 6.07) is 14.8. The van der Waals surface area contributed by atoms with Gasteiger partial charge in [-0.1, -0.05) is 17.7 Å². The average molecular weight is 370 g/mol. The molecule has 0 aliphatic carbocycles. The minimum absolute atomic E-state index is 0.143. The van der Waals surface area contributed by atoms with Crippen LogP contribution in [-0.2, 0) is 11.2 Å². The Morgan fingerprint density at radius 2 is 2.00 bits per heavy atom. The summed E-state index contributed by atoms with van der Waals surface area (Å²) >= 11 is 6.03. The molecule has 1 heterocycles. The second-order valence-corrected chi connectivity index (χ2v) is 6.51. The van der Waals surface area contributed by atoms with E-state index in [2.05, 4.69) is 10.4 Å². The van der Waals surface area contributed by atoms with E-state index in [9.17, 15) is 4.79 Å². The van der Waals surface area contributed by atoms with Crippen molar-refractivity contribution in [3.05, 3.63) is 70.5 Å². The molecule has 6 heteroatoms. The Kier molecular flexibility index (Phi) is 5.28. The lowest BCUT2D eigenvalue weighted by Gasteiger charge is -2.11. The molecule has 3 rings (SSSR count). The first kappa shape index (κ1) is 18.0. The zero-order valence-corrected chi connectivity index (χ0v) is 15.7. The van der Waals surface area contributed by atoms with Gasteiger partial charge in [0.1, 0.15) is 5.75 Å². The van der Waals surface area contributed by atoms with Gasteiger partial charge in [-0.2, -0.15) is 5.10 Å². The van der Waals surface area contributed by atoms with Crippen molar-refractivity contribution in [3.8, 4) is 11.4 Å². The Morgan fingerprint density at radius 1 is 1.19 bits per heavy atom. The SMILES string of the molecule is COc1ccc(Cl)cc1CC(=O)Nc1cccc(-n2nc(C)cc2C)c1. The molecule has 2 aromatic carbocycles. The van der Waals surface area contributed by atoms with Crippen molar-refractivity contribution in [3.63, 3.8) is 0 Å². The van der Waals surface area contributed by atoms with Crippen molar-refractivity contribution in [1.82, 2.24) is 9.78 Å². The van der Waals surface area contributed by atoms with Gasteiger partial charge in [-0.3, -0.25) is 4.79 Å². The first-order chi connectivity index (χ1) is 12.5. The number of benzene rings is 2. The fourth-order valence-electron chi connectivity index (χ4n) is 2.87. The van der Waals surface area contributed by atoms with Gasteiger partial charge < -0.3 is 10.1 Å². The number of hydrogen-bond donors (Lipinski definition) is 1. The molecule has 5 nitrogen and oxygen atoms in total. The number of nitrogens with one attached hydrogen (secondary N) is 1. The molecule has 0 atom stereocenters. The number of rotatable bonds is 5. The Bertz CT molecular complexity index is 950. The second kappa shape index (κ2) is 7.62. The maximum Gasteiger partial charge on any atom is 0.228 e. The van der Waals surface area contributed by atoms with Gasteiger partial charge in [0.2, 0.25) is 5.91 Å². The van der Waals surface area contributed by atoms with Gasteiger partial charge in [0, 0.05) is 22.0 Å². The summed E-state index contributed by atoms with van der Waals surface area (Å²) in [6.45, 7) is 3.95. The van der Waals surface area contributed by atoms with E-state index in [4.69, 9.17) is 16.3 Å². The van der Waals surface area contributed by atoms with E-state index < -0.39 is 0 Å². The zero-order chi connectivity index (χ0) is 18.7. The van der Waals surface area contributed by atoms with E-state index >= 15 is 0 Å². The van der Waals surface area contributed by atoms with Crippen molar-refractivity contribution in [2.75, 3.05) is 12.4 Å². The fraction of sp³-hybridized carbons (Fsp3) is 0.200. The van der Waals surface area contributed by atoms with Crippen molar-refractivity contribution in [2.45, 2.75) is 20.3 Å². The molecular formula is C20H20ClN3O2. The van der Waals surface area contributed by atoms with Crippen LogP contribution in [0.4, 0.5) is 5.69 Å². The Balaban J connectivity index is 1.77. The van der Waals surface area contributed by atoms with E-state index in [1.54, 1.807) is 25.3 Å². The summed E-state index contributed by atoms with van der Waals surface area (Å²) in [7, 11) is 1.57. The number of ether oxygens (including phenoxy) is 1. The topological polar surface area (TPSA) is 56.1 Å². The highest BCUT2D eigenvalue weighted by molar-refractivity contribution is 6.30. The molecule has 3 aromatic rings.